The lowest BCUT2D eigenvalue weighted by molar-refractivity contribution is 0.690. The molecular formula is C23H19ClN6O. The number of nitrogen functional groups attached to an aromatic ring is 1. The first kappa shape index (κ1) is 20.4. The summed E-state index contributed by atoms with van der Waals surface area (Å²) in [5.74, 6) is 7.34. The number of anilines is 2. The number of H-pyrrole nitrogens is 1. The maximum absolute atomic E-state index is 12.6. The number of aromatic amines is 1. The summed E-state index contributed by atoms with van der Waals surface area (Å²) in [5.41, 5.74) is 7.64. The Kier molecular flexibility index (Phi) is 5.83. The summed E-state index contributed by atoms with van der Waals surface area (Å²) in [4.78, 5) is 28.4. The van der Waals surface area contributed by atoms with E-state index in [1.54, 1.807) is 18.2 Å². The Morgan fingerprint density at radius 3 is 2.71 bits per heavy atom. The second-order valence-electron chi connectivity index (χ2n) is 6.79. The van der Waals surface area contributed by atoms with Crippen LogP contribution < -0.4 is 16.6 Å². The molecule has 0 aliphatic carbocycles. The van der Waals surface area contributed by atoms with E-state index >= 15 is 0 Å². The number of halogens is 1. The summed E-state index contributed by atoms with van der Waals surface area (Å²) < 4.78 is 0. The second-order valence-corrected chi connectivity index (χ2v) is 7.20. The van der Waals surface area contributed by atoms with Gasteiger partial charge >= 0.3 is 0 Å². The Hall–Kier alpha value is -3.89. The van der Waals surface area contributed by atoms with Crippen LogP contribution in [0.2, 0.25) is 5.02 Å². The van der Waals surface area contributed by atoms with Crippen molar-refractivity contribution in [1.29, 1.82) is 0 Å². The largest absolute Gasteiger partial charge is 0.382 e. The molecular weight excluding hydrogens is 412 g/mol. The SMILES string of the molecule is CC[C@H](Nc1ncnc(N)c1C#Cc1ccccc1)c1nc2cccc(Cl)c2c(=O)[nH]1. The highest BCUT2D eigenvalue weighted by atomic mass is 35.5. The minimum absolute atomic E-state index is 0.266. The van der Waals surface area contributed by atoms with Gasteiger partial charge in [-0.25, -0.2) is 15.0 Å². The van der Waals surface area contributed by atoms with Gasteiger partial charge in [0.25, 0.3) is 5.56 Å². The summed E-state index contributed by atoms with van der Waals surface area (Å²) >= 11 is 6.16. The normalized spacial score (nSPS) is 11.5. The van der Waals surface area contributed by atoms with Crippen LogP contribution in [0.5, 0.6) is 0 Å². The van der Waals surface area contributed by atoms with Gasteiger partial charge in [0, 0.05) is 5.56 Å². The van der Waals surface area contributed by atoms with E-state index in [1.807, 2.05) is 37.3 Å². The van der Waals surface area contributed by atoms with E-state index in [4.69, 9.17) is 17.3 Å². The third-order valence-corrected chi connectivity index (χ3v) is 5.05. The average molecular weight is 431 g/mol. The first-order valence-electron chi connectivity index (χ1n) is 9.69. The number of hydrogen-bond donors (Lipinski definition) is 3. The number of benzene rings is 2. The zero-order valence-electron chi connectivity index (χ0n) is 16.7. The molecule has 4 aromatic rings. The van der Waals surface area contributed by atoms with Crippen molar-refractivity contribution in [3.63, 3.8) is 0 Å². The van der Waals surface area contributed by atoms with Crippen molar-refractivity contribution < 1.29 is 0 Å². The van der Waals surface area contributed by atoms with Crippen molar-refractivity contribution >= 4 is 34.1 Å². The molecule has 154 valence electrons. The van der Waals surface area contributed by atoms with Gasteiger partial charge < -0.3 is 16.0 Å². The van der Waals surface area contributed by atoms with E-state index in [1.165, 1.54) is 6.33 Å². The average Bonchev–Trinajstić information content (AvgIpc) is 2.77. The standard InChI is InChI=1S/C23H19ClN6O/c1-2-17(22-29-18-10-6-9-16(24)19(18)23(31)30-22)28-21-15(20(25)26-13-27-21)12-11-14-7-4-3-5-8-14/h3-10,13,17H,2H2,1H3,(H,29,30,31)(H3,25,26,27,28)/t17-/m0/s1. The summed E-state index contributed by atoms with van der Waals surface area (Å²) in [6.45, 7) is 1.97. The maximum atomic E-state index is 12.6. The molecule has 8 heteroatoms. The number of aromatic nitrogens is 4. The lowest BCUT2D eigenvalue weighted by Crippen LogP contribution is -2.20. The predicted molar refractivity (Wildman–Crippen MR) is 123 cm³/mol. The van der Waals surface area contributed by atoms with Gasteiger partial charge in [-0.15, -0.1) is 0 Å². The molecule has 0 amide bonds. The third kappa shape index (κ3) is 4.34. The molecule has 2 aromatic carbocycles. The Morgan fingerprint density at radius 1 is 1.13 bits per heavy atom. The molecule has 2 heterocycles. The Morgan fingerprint density at radius 2 is 1.94 bits per heavy atom. The first-order valence-corrected chi connectivity index (χ1v) is 10.1. The van der Waals surface area contributed by atoms with Gasteiger partial charge in [-0.3, -0.25) is 4.79 Å². The van der Waals surface area contributed by atoms with Crippen molar-refractivity contribution in [1.82, 2.24) is 19.9 Å². The minimum atomic E-state index is -0.331. The molecule has 0 bridgehead atoms. The number of hydrogen-bond acceptors (Lipinski definition) is 6. The van der Waals surface area contributed by atoms with Crippen LogP contribution in [-0.4, -0.2) is 19.9 Å². The third-order valence-electron chi connectivity index (χ3n) is 4.73. The van der Waals surface area contributed by atoms with Crippen LogP contribution in [0, 0.1) is 11.8 Å². The van der Waals surface area contributed by atoms with Crippen LogP contribution >= 0.6 is 11.6 Å². The molecule has 0 saturated heterocycles. The Balaban J connectivity index is 1.72. The van der Waals surface area contributed by atoms with E-state index in [0.29, 0.717) is 39.6 Å². The van der Waals surface area contributed by atoms with Crippen LogP contribution in [0.15, 0.2) is 59.7 Å². The van der Waals surface area contributed by atoms with E-state index in [0.717, 1.165) is 5.56 Å². The van der Waals surface area contributed by atoms with Crippen LogP contribution in [0.25, 0.3) is 10.9 Å². The molecule has 4 N–H and O–H groups in total. The molecule has 0 fully saturated rings. The maximum Gasteiger partial charge on any atom is 0.260 e. The van der Waals surface area contributed by atoms with Crippen LogP contribution in [0.1, 0.15) is 36.3 Å². The smallest absolute Gasteiger partial charge is 0.260 e. The molecule has 0 unspecified atom stereocenters. The highest BCUT2D eigenvalue weighted by molar-refractivity contribution is 6.35. The van der Waals surface area contributed by atoms with E-state index in [2.05, 4.69) is 37.1 Å². The van der Waals surface area contributed by atoms with Crippen LogP contribution in [0.3, 0.4) is 0 Å². The zero-order valence-corrected chi connectivity index (χ0v) is 17.4. The fourth-order valence-electron chi connectivity index (χ4n) is 3.15. The highest BCUT2D eigenvalue weighted by Crippen LogP contribution is 2.25. The summed E-state index contributed by atoms with van der Waals surface area (Å²) in [6, 6.07) is 14.4. The molecule has 0 saturated carbocycles. The Bertz CT molecular complexity index is 1360. The molecule has 2 aromatic heterocycles. The topological polar surface area (TPSA) is 110 Å². The van der Waals surface area contributed by atoms with E-state index < -0.39 is 0 Å². The van der Waals surface area contributed by atoms with Crippen molar-refractivity contribution in [3.05, 3.63) is 87.2 Å². The van der Waals surface area contributed by atoms with Gasteiger partial charge in [-0.2, -0.15) is 0 Å². The Labute approximate surface area is 183 Å². The van der Waals surface area contributed by atoms with Gasteiger partial charge in [0.05, 0.1) is 22.0 Å². The quantitative estimate of drug-likeness (QED) is 0.423. The minimum Gasteiger partial charge on any atom is -0.382 e. The summed E-state index contributed by atoms with van der Waals surface area (Å²) in [6.07, 6.45) is 2.00. The number of nitrogens with two attached hydrogens (primary N) is 1. The second kappa shape index (κ2) is 8.86. The van der Waals surface area contributed by atoms with Gasteiger partial charge in [0.2, 0.25) is 0 Å². The van der Waals surface area contributed by atoms with E-state index in [9.17, 15) is 4.79 Å². The van der Waals surface area contributed by atoms with Crippen LogP contribution in [0.4, 0.5) is 11.6 Å². The van der Waals surface area contributed by atoms with Gasteiger partial charge in [-0.1, -0.05) is 54.6 Å². The first-order chi connectivity index (χ1) is 15.1. The van der Waals surface area contributed by atoms with Gasteiger partial charge in [0.1, 0.15) is 29.4 Å². The van der Waals surface area contributed by atoms with Crippen LogP contribution in [-0.2, 0) is 0 Å². The molecule has 0 aliphatic heterocycles. The monoisotopic (exact) mass is 430 g/mol. The van der Waals surface area contributed by atoms with Gasteiger partial charge in [-0.05, 0) is 30.7 Å². The molecule has 7 nitrogen and oxygen atoms in total. The highest BCUT2D eigenvalue weighted by Gasteiger charge is 2.18. The van der Waals surface area contributed by atoms with Crippen molar-refractivity contribution in [3.8, 4) is 11.8 Å². The fraction of sp³-hybridized carbons (Fsp3) is 0.130. The molecule has 31 heavy (non-hydrogen) atoms. The molecule has 0 radical (unpaired) electrons. The predicted octanol–water partition coefficient (Wildman–Crippen LogP) is 3.91. The zero-order chi connectivity index (χ0) is 21.8. The van der Waals surface area contributed by atoms with Gasteiger partial charge in [0.15, 0.2) is 0 Å². The van der Waals surface area contributed by atoms with E-state index in [-0.39, 0.29) is 17.4 Å². The fourth-order valence-corrected chi connectivity index (χ4v) is 3.40. The van der Waals surface area contributed by atoms with Crippen molar-refractivity contribution in [2.75, 3.05) is 11.1 Å². The molecule has 0 spiro atoms. The number of nitrogens with one attached hydrogen (secondary N) is 2. The summed E-state index contributed by atoms with van der Waals surface area (Å²) in [7, 11) is 0. The lowest BCUT2D eigenvalue weighted by Gasteiger charge is -2.18. The number of nitrogens with zero attached hydrogens (tertiary/aromatic N) is 3. The number of fused-ring (bicyclic) bond motifs is 1. The molecule has 1 atom stereocenters. The lowest BCUT2D eigenvalue weighted by atomic mass is 10.1. The van der Waals surface area contributed by atoms with Crippen molar-refractivity contribution in [2.45, 2.75) is 19.4 Å². The van der Waals surface area contributed by atoms with Crippen molar-refractivity contribution in [2.24, 2.45) is 0 Å². The summed E-state index contributed by atoms with van der Waals surface area (Å²) in [5, 5.41) is 4.02. The number of rotatable bonds is 4. The molecule has 4 rings (SSSR count). The molecule has 0 aliphatic rings.